The first-order valence-corrected chi connectivity index (χ1v) is 13.9. The standard InChI is InChI=1S/C30H27F3N6S/c1-18-20(7-8-26-24(18)10-22(13-34)37-26)14-39-15-21(9-19-5-3-2-4-6-19)27(16-39)38-28-25-11-23(12-30(31,32)33)40-29(25)36-17-35-28/h2-8,10-11,17,21,27,37H,9,12,14-16H2,1H3,(H,35,36,38). The van der Waals surface area contributed by atoms with Crippen molar-refractivity contribution in [1.29, 1.82) is 5.26 Å². The lowest BCUT2D eigenvalue weighted by Crippen LogP contribution is -2.30. The van der Waals surface area contributed by atoms with Crippen LogP contribution in [-0.2, 0) is 19.4 Å². The number of benzene rings is 2. The summed E-state index contributed by atoms with van der Waals surface area (Å²) in [5.74, 6) is 0.843. The number of H-pyrrole nitrogens is 1. The van der Waals surface area contributed by atoms with Crippen LogP contribution in [0.2, 0.25) is 0 Å². The summed E-state index contributed by atoms with van der Waals surface area (Å²) in [5.41, 5.74) is 5.10. The van der Waals surface area contributed by atoms with Crippen molar-refractivity contribution in [1.82, 2.24) is 19.9 Å². The first-order chi connectivity index (χ1) is 19.3. The third kappa shape index (κ3) is 5.53. The lowest BCUT2D eigenvalue weighted by molar-refractivity contribution is -0.126. The number of rotatable bonds is 7. The van der Waals surface area contributed by atoms with Gasteiger partial charge in [0, 0.05) is 41.5 Å². The number of aromatic nitrogens is 3. The Balaban J connectivity index is 1.27. The number of thiophene rings is 1. The van der Waals surface area contributed by atoms with Gasteiger partial charge in [0.05, 0.1) is 11.8 Å². The molecule has 4 heterocycles. The highest BCUT2D eigenvalue weighted by atomic mass is 32.1. The van der Waals surface area contributed by atoms with Gasteiger partial charge in [-0.15, -0.1) is 11.3 Å². The number of alkyl halides is 3. The average Bonchev–Trinajstić information content (AvgIpc) is 3.62. The van der Waals surface area contributed by atoms with Crippen molar-refractivity contribution >= 4 is 38.3 Å². The van der Waals surface area contributed by atoms with E-state index in [1.165, 1.54) is 17.5 Å². The molecule has 0 amide bonds. The Morgan fingerprint density at radius 3 is 2.70 bits per heavy atom. The number of hydrogen-bond acceptors (Lipinski definition) is 6. The second kappa shape index (κ2) is 10.6. The van der Waals surface area contributed by atoms with E-state index >= 15 is 0 Å². The fourth-order valence-electron chi connectivity index (χ4n) is 5.72. The molecule has 40 heavy (non-hydrogen) atoms. The number of fused-ring (bicyclic) bond motifs is 2. The van der Waals surface area contributed by atoms with Crippen LogP contribution < -0.4 is 5.32 Å². The molecular formula is C30H27F3N6S. The van der Waals surface area contributed by atoms with Crippen molar-refractivity contribution in [2.45, 2.75) is 38.5 Å². The van der Waals surface area contributed by atoms with Gasteiger partial charge >= 0.3 is 6.18 Å². The molecule has 2 atom stereocenters. The zero-order chi connectivity index (χ0) is 27.9. The molecule has 2 aromatic carbocycles. The molecule has 0 saturated carbocycles. The monoisotopic (exact) mass is 560 g/mol. The molecule has 0 spiro atoms. The molecule has 0 bridgehead atoms. The number of halogens is 3. The summed E-state index contributed by atoms with van der Waals surface area (Å²) in [4.78, 5) is 15.0. The Hall–Kier alpha value is -3.94. The minimum atomic E-state index is -4.27. The van der Waals surface area contributed by atoms with E-state index in [1.54, 1.807) is 6.07 Å². The Bertz CT molecular complexity index is 1700. The van der Waals surface area contributed by atoms with Crippen molar-refractivity contribution in [3.8, 4) is 6.07 Å². The molecule has 2 N–H and O–H groups in total. The molecule has 1 aliphatic heterocycles. The van der Waals surface area contributed by atoms with Crippen LogP contribution in [0.15, 0.2) is 60.9 Å². The van der Waals surface area contributed by atoms with Gasteiger partial charge in [0.25, 0.3) is 0 Å². The summed E-state index contributed by atoms with van der Waals surface area (Å²) in [7, 11) is 0. The van der Waals surface area contributed by atoms with Gasteiger partial charge in [-0.05, 0) is 54.2 Å². The zero-order valence-electron chi connectivity index (χ0n) is 21.8. The molecule has 6 nitrogen and oxygen atoms in total. The Morgan fingerprint density at radius 2 is 1.93 bits per heavy atom. The normalized spacial score (nSPS) is 18.0. The topological polar surface area (TPSA) is 80.6 Å². The molecule has 1 saturated heterocycles. The van der Waals surface area contributed by atoms with Crippen LogP contribution in [-0.4, -0.2) is 45.2 Å². The maximum Gasteiger partial charge on any atom is 0.393 e. The molecule has 3 aromatic heterocycles. The Morgan fingerprint density at radius 1 is 1.10 bits per heavy atom. The molecule has 5 aromatic rings. The smallest absolute Gasteiger partial charge is 0.365 e. The number of aromatic amines is 1. The van der Waals surface area contributed by atoms with Gasteiger partial charge in [0.1, 0.15) is 28.7 Å². The summed E-state index contributed by atoms with van der Waals surface area (Å²) < 4.78 is 39.1. The fourth-order valence-corrected chi connectivity index (χ4v) is 6.75. The van der Waals surface area contributed by atoms with Crippen molar-refractivity contribution in [2.24, 2.45) is 5.92 Å². The number of nitrogens with zero attached hydrogens (tertiary/aromatic N) is 4. The van der Waals surface area contributed by atoms with Crippen LogP contribution >= 0.6 is 11.3 Å². The summed E-state index contributed by atoms with van der Waals surface area (Å²) in [6.07, 6.45) is -2.95. The highest BCUT2D eigenvalue weighted by molar-refractivity contribution is 7.18. The molecule has 1 aliphatic rings. The molecule has 1 fully saturated rings. The van der Waals surface area contributed by atoms with Crippen LogP contribution in [0.25, 0.3) is 21.1 Å². The first kappa shape index (κ1) is 26.3. The van der Waals surface area contributed by atoms with Gasteiger partial charge < -0.3 is 10.3 Å². The lowest BCUT2D eigenvalue weighted by atomic mass is 9.95. The van der Waals surface area contributed by atoms with Gasteiger partial charge in [0.2, 0.25) is 0 Å². The minimum absolute atomic E-state index is 0.0470. The second-order valence-corrected chi connectivity index (χ2v) is 11.6. The van der Waals surface area contributed by atoms with E-state index < -0.39 is 12.6 Å². The molecule has 0 aliphatic carbocycles. The van der Waals surface area contributed by atoms with E-state index in [-0.39, 0.29) is 16.8 Å². The van der Waals surface area contributed by atoms with Crippen molar-refractivity contribution < 1.29 is 13.2 Å². The van der Waals surface area contributed by atoms with E-state index in [4.69, 9.17) is 0 Å². The van der Waals surface area contributed by atoms with Crippen molar-refractivity contribution in [3.05, 3.63) is 88.2 Å². The maximum absolute atomic E-state index is 13.0. The average molecular weight is 561 g/mol. The number of nitriles is 1. The largest absolute Gasteiger partial charge is 0.393 e. The van der Waals surface area contributed by atoms with E-state index in [9.17, 15) is 18.4 Å². The van der Waals surface area contributed by atoms with Gasteiger partial charge in [-0.25, -0.2) is 9.97 Å². The molecular weight excluding hydrogens is 533 g/mol. The quantitative estimate of drug-likeness (QED) is 0.234. The predicted molar refractivity (Wildman–Crippen MR) is 151 cm³/mol. The molecule has 0 radical (unpaired) electrons. The van der Waals surface area contributed by atoms with Gasteiger partial charge in [0.15, 0.2) is 0 Å². The summed E-state index contributed by atoms with van der Waals surface area (Å²) in [5, 5.41) is 14.6. The highest BCUT2D eigenvalue weighted by Crippen LogP contribution is 2.34. The summed E-state index contributed by atoms with van der Waals surface area (Å²) in [6.45, 7) is 4.47. The third-order valence-electron chi connectivity index (χ3n) is 7.63. The van der Waals surface area contributed by atoms with Crippen LogP contribution in [0.4, 0.5) is 19.0 Å². The third-order valence-corrected chi connectivity index (χ3v) is 8.68. The highest BCUT2D eigenvalue weighted by Gasteiger charge is 2.34. The maximum atomic E-state index is 13.0. The van der Waals surface area contributed by atoms with Gasteiger partial charge in [-0.2, -0.15) is 18.4 Å². The molecule has 6 rings (SSSR count). The van der Waals surface area contributed by atoms with E-state index in [2.05, 4.69) is 56.4 Å². The first-order valence-electron chi connectivity index (χ1n) is 13.1. The Kier molecular flexibility index (Phi) is 6.94. The number of likely N-dealkylation sites (tertiary alicyclic amines) is 1. The minimum Gasteiger partial charge on any atom is -0.365 e. The molecule has 2 unspecified atom stereocenters. The van der Waals surface area contributed by atoms with Crippen molar-refractivity contribution in [2.75, 3.05) is 18.4 Å². The number of nitrogens with one attached hydrogen (secondary N) is 2. The lowest BCUT2D eigenvalue weighted by Gasteiger charge is -2.21. The van der Waals surface area contributed by atoms with Crippen LogP contribution in [0.3, 0.4) is 0 Å². The van der Waals surface area contributed by atoms with Crippen LogP contribution in [0.1, 0.15) is 27.3 Å². The van der Waals surface area contributed by atoms with Gasteiger partial charge in [-0.1, -0.05) is 36.4 Å². The SMILES string of the molecule is Cc1c(CN2CC(Cc3ccccc3)C(Nc3ncnc4sc(CC(F)(F)F)cc34)C2)ccc2[nH]c(C#N)cc12. The van der Waals surface area contributed by atoms with Crippen LogP contribution in [0.5, 0.6) is 0 Å². The van der Waals surface area contributed by atoms with E-state index in [0.717, 1.165) is 53.9 Å². The van der Waals surface area contributed by atoms with Crippen LogP contribution in [0, 0.1) is 24.2 Å². The summed E-state index contributed by atoms with van der Waals surface area (Å²) in [6, 6.07) is 20.2. The predicted octanol–water partition coefficient (Wildman–Crippen LogP) is 6.61. The second-order valence-electron chi connectivity index (χ2n) is 10.4. The van der Waals surface area contributed by atoms with E-state index in [0.29, 0.717) is 21.7 Å². The summed E-state index contributed by atoms with van der Waals surface area (Å²) >= 11 is 1.06. The number of hydrogen-bond donors (Lipinski definition) is 2. The number of anilines is 1. The van der Waals surface area contributed by atoms with Gasteiger partial charge in [-0.3, -0.25) is 4.90 Å². The molecule has 204 valence electrons. The zero-order valence-corrected chi connectivity index (χ0v) is 22.6. The number of aryl methyl sites for hydroxylation is 1. The molecule has 10 heteroatoms. The Labute approximate surface area is 233 Å². The fraction of sp³-hybridized carbons (Fsp3) is 0.300. The van der Waals surface area contributed by atoms with E-state index in [1.807, 2.05) is 30.3 Å². The van der Waals surface area contributed by atoms with Crippen molar-refractivity contribution in [3.63, 3.8) is 0 Å².